The van der Waals surface area contributed by atoms with Crippen LogP contribution in [-0.2, 0) is 0 Å². The normalized spacial score (nSPS) is 27.9. The molecule has 1 saturated carbocycles. The number of nitrogens with zero attached hydrogens (tertiary/aromatic N) is 1. The van der Waals surface area contributed by atoms with Crippen LogP contribution in [0.2, 0.25) is 0 Å². The molecule has 27 heavy (non-hydrogen) atoms. The fourth-order valence-electron chi connectivity index (χ4n) is 4.77. The quantitative estimate of drug-likeness (QED) is 0.846. The molecule has 0 spiro atoms. The van der Waals surface area contributed by atoms with Crippen molar-refractivity contribution in [2.24, 2.45) is 5.92 Å². The minimum atomic E-state index is -0.810. The molecule has 1 heterocycles. The van der Waals surface area contributed by atoms with E-state index in [0.29, 0.717) is 18.5 Å². The number of hydrogen-bond donors (Lipinski definition) is 1. The smallest absolute Gasteiger partial charge is 0.254 e. The predicted octanol–water partition coefficient (Wildman–Crippen LogP) is 4.47. The van der Waals surface area contributed by atoms with E-state index >= 15 is 0 Å². The SMILES string of the molecule is O=C(c1cccc(F)c1)N1CC[C@]2(O)CCCC[C@H]2[C@H]1c1ccc(F)cc1. The summed E-state index contributed by atoms with van der Waals surface area (Å²) in [6, 6.07) is 11.5. The lowest BCUT2D eigenvalue weighted by Gasteiger charge is -2.52. The number of halogens is 2. The third kappa shape index (κ3) is 3.36. The Labute approximate surface area is 157 Å². The number of hydrogen-bond acceptors (Lipinski definition) is 2. The van der Waals surface area contributed by atoms with Gasteiger partial charge in [-0.05, 0) is 55.2 Å². The Kier molecular flexibility index (Phi) is 4.72. The van der Waals surface area contributed by atoms with Gasteiger partial charge in [0, 0.05) is 18.0 Å². The summed E-state index contributed by atoms with van der Waals surface area (Å²) < 4.78 is 27.1. The lowest BCUT2D eigenvalue weighted by atomic mass is 9.66. The molecule has 2 aromatic rings. The number of carbonyl (C=O) groups excluding carboxylic acids is 1. The number of amides is 1. The van der Waals surface area contributed by atoms with Crippen LogP contribution in [0.5, 0.6) is 0 Å². The van der Waals surface area contributed by atoms with Crippen LogP contribution in [0.4, 0.5) is 8.78 Å². The number of carbonyl (C=O) groups is 1. The van der Waals surface area contributed by atoms with E-state index < -0.39 is 11.4 Å². The summed E-state index contributed by atoms with van der Waals surface area (Å²) in [6.45, 7) is 0.393. The molecule has 1 aliphatic carbocycles. The summed E-state index contributed by atoms with van der Waals surface area (Å²) in [6.07, 6.45) is 4.01. The Morgan fingerprint density at radius 1 is 1.04 bits per heavy atom. The van der Waals surface area contributed by atoms with Gasteiger partial charge >= 0.3 is 0 Å². The van der Waals surface area contributed by atoms with Crippen molar-refractivity contribution in [3.8, 4) is 0 Å². The Bertz CT molecular complexity index is 838. The van der Waals surface area contributed by atoms with Crippen molar-refractivity contribution in [3.05, 3.63) is 71.3 Å². The first-order valence-corrected chi connectivity index (χ1v) is 9.52. The minimum Gasteiger partial charge on any atom is -0.389 e. The second-order valence-corrected chi connectivity index (χ2v) is 7.71. The first kappa shape index (κ1) is 18.1. The van der Waals surface area contributed by atoms with E-state index in [1.54, 1.807) is 23.1 Å². The molecule has 0 unspecified atom stereocenters. The molecule has 5 heteroatoms. The highest BCUT2D eigenvalue weighted by atomic mass is 19.1. The molecule has 1 saturated heterocycles. The Morgan fingerprint density at radius 2 is 1.81 bits per heavy atom. The van der Waals surface area contributed by atoms with Crippen LogP contribution in [-0.4, -0.2) is 28.1 Å². The largest absolute Gasteiger partial charge is 0.389 e. The van der Waals surface area contributed by atoms with Crippen LogP contribution in [0.15, 0.2) is 48.5 Å². The lowest BCUT2D eigenvalue weighted by molar-refractivity contribution is -0.115. The highest BCUT2D eigenvalue weighted by Gasteiger charge is 2.50. The average Bonchev–Trinajstić information content (AvgIpc) is 2.67. The van der Waals surface area contributed by atoms with Gasteiger partial charge in [-0.1, -0.05) is 31.0 Å². The zero-order valence-corrected chi connectivity index (χ0v) is 15.1. The maximum atomic E-state index is 13.6. The first-order valence-electron chi connectivity index (χ1n) is 9.52. The summed E-state index contributed by atoms with van der Waals surface area (Å²) in [4.78, 5) is 14.9. The molecule has 1 N–H and O–H groups in total. The molecule has 0 aromatic heterocycles. The molecule has 4 rings (SSSR count). The molecule has 2 aliphatic rings. The van der Waals surface area contributed by atoms with E-state index in [-0.39, 0.29) is 23.7 Å². The number of piperidine rings is 1. The Hall–Kier alpha value is -2.27. The highest BCUT2D eigenvalue weighted by Crippen LogP contribution is 2.49. The van der Waals surface area contributed by atoms with Crippen molar-refractivity contribution in [2.45, 2.75) is 43.7 Å². The van der Waals surface area contributed by atoms with Gasteiger partial charge in [0.2, 0.25) is 0 Å². The molecule has 2 aromatic carbocycles. The molecule has 0 bridgehead atoms. The van der Waals surface area contributed by atoms with E-state index in [1.807, 2.05) is 0 Å². The summed E-state index contributed by atoms with van der Waals surface area (Å²) in [5.41, 5.74) is 0.297. The molecule has 142 valence electrons. The molecule has 1 aliphatic heterocycles. The average molecular weight is 371 g/mol. The van der Waals surface area contributed by atoms with Crippen molar-refractivity contribution in [3.63, 3.8) is 0 Å². The van der Waals surface area contributed by atoms with E-state index in [1.165, 1.54) is 30.3 Å². The minimum absolute atomic E-state index is 0.108. The summed E-state index contributed by atoms with van der Waals surface area (Å²) in [7, 11) is 0. The molecular formula is C22H23F2NO2. The first-order chi connectivity index (χ1) is 13.0. The van der Waals surface area contributed by atoms with Gasteiger partial charge < -0.3 is 10.0 Å². The standard InChI is InChI=1S/C22H23F2NO2/c23-17-9-7-15(8-10-17)20-19-6-1-2-11-22(19,27)12-13-25(20)21(26)16-4-3-5-18(24)14-16/h3-5,7-10,14,19-20,27H,1-2,6,11-13H2/t19-,20+,22+/m0/s1. The third-order valence-corrected chi connectivity index (χ3v) is 6.11. The summed E-state index contributed by atoms with van der Waals surface area (Å²) in [5, 5.41) is 11.2. The molecule has 3 nitrogen and oxygen atoms in total. The van der Waals surface area contributed by atoms with Gasteiger partial charge in [-0.25, -0.2) is 8.78 Å². The van der Waals surface area contributed by atoms with Crippen LogP contribution < -0.4 is 0 Å². The van der Waals surface area contributed by atoms with Crippen LogP contribution in [0.3, 0.4) is 0 Å². The highest BCUT2D eigenvalue weighted by molar-refractivity contribution is 5.94. The number of likely N-dealkylation sites (tertiary alicyclic amines) is 1. The maximum Gasteiger partial charge on any atom is 0.254 e. The molecule has 1 amide bonds. The van der Waals surface area contributed by atoms with Crippen LogP contribution >= 0.6 is 0 Å². The van der Waals surface area contributed by atoms with Crippen LogP contribution in [0.25, 0.3) is 0 Å². The van der Waals surface area contributed by atoms with Crippen molar-refractivity contribution in [1.82, 2.24) is 4.90 Å². The summed E-state index contributed by atoms with van der Waals surface area (Å²) in [5.74, 6) is -1.15. The van der Waals surface area contributed by atoms with Crippen molar-refractivity contribution in [2.75, 3.05) is 6.54 Å². The van der Waals surface area contributed by atoms with E-state index in [2.05, 4.69) is 0 Å². The number of aliphatic hydroxyl groups is 1. The van der Waals surface area contributed by atoms with E-state index in [9.17, 15) is 18.7 Å². The monoisotopic (exact) mass is 371 g/mol. The van der Waals surface area contributed by atoms with E-state index in [4.69, 9.17) is 0 Å². The van der Waals surface area contributed by atoms with Gasteiger partial charge in [0.05, 0.1) is 11.6 Å². The van der Waals surface area contributed by atoms with Crippen LogP contribution in [0, 0.1) is 17.6 Å². The Morgan fingerprint density at radius 3 is 2.56 bits per heavy atom. The molecule has 3 atom stereocenters. The molecule has 2 fully saturated rings. The zero-order chi connectivity index (χ0) is 19.0. The van der Waals surface area contributed by atoms with Gasteiger partial charge in [0.1, 0.15) is 11.6 Å². The van der Waals surface area contributed by atoms with Crippen molar-refractivity contribution >= 4 is 5.91 Å². The number of fused-ring (bicyclic) bond motifs is 1. The third-order valence-electron chi connectivity index (χ3n) is 6.11. The summed E-state index contributed by atoms with van der Waals surface area (Å²) >= 11 is 0. The van der Waals surface area contributed by atoms with Crippen LogP contribution in [0.1, 0.15) is 54.1 Å². The van der Waals surface area contributed by atoms with Gasteiger partial charge in [0.25, 0.3) is 5.91 Å². The second kappa shape index (κ2) is 7.04. The maximum absolute atomic E-state index is 13.6. The number of benzene rings is 2. The topological polar surface area (TPSA) is 40.5 Å². The second-order valence-electron chi connectivity index (χ2n) is 7.71. The fraction of sp³-hybridized carbons (Fsp3) is 0.409. The van der Waals surface area contributed by atoms with Crippen molar-refractivity contribution in [1.29, 1.82) is 0 Å². The molecular weight excluding hydrogens is 348 g/mol. The molecule has 0 radical (unpaired) electrons. The zero-order valence-electron chi connectivity index (χ0n) is 15.1. The fourth-order valence-corrected chi connectivity index (χ4v) is 4.77. The van der Waals surface area contributed by atoms with Crippen molar-refractivity contribution < 1.29 is 18.7 Å². The van der Waals surface area contributed by atoms with Gasteiger partial charge in [0.15, 0.2) is 0 Å². The predicted molar refractivity (Wildman–Crippen MR) is 98.1 cm³/mol. The van der Waals surface area contributed by atoms with Gasteiger partial charge in [-0.15, -0.1) is 0 Å². The Balaban J connectivity index is 1.75. The van der Waals surface area contributed by atoms with Gasteiger partial charge in [-0.3, -0.25) is 4.79 Å². The van der Waals surface area contributed by atoms with Gasteiger partial charge in [-0.2, -0.15) is 0 Å². The van der Waals surface area contributed by atoms with E-state index in [0.717, 1.165) is 31.2 Å². The lowest BCUT2D eigenvalue weighted by Crippen LogP contribution is -2.56. The number of rotatable bonds is 2.